The summed E-state index contributed by atoms with van der Waals surface area (Å²) in [6, 6.07) is 0. The van der Waals surface area contributed by atoms with Crippen LogP contribution in [0.5, 0.6) is 0 Å². The maximum absolute atomic E-state index is 11.7. The van der Waals surface area contributed by atoms with Gasteiger partial charge in [0.1, 0.15) is 0 Å². The van der Waals surface area contributed by atoms with E-state index >= 15 is 0 Å². The van der Waals surface area contributed by atoms with Gasteiger partial charge >= 0.3 is 0 Å². The second-order valence-corrected chi connectivity index (χ2v) is 5.90. The van der Waals surface area contributed by atoms with Gasteiger partial charge in [0.05, 0.1) is 12.0 Å². The smallest absolute Gasteiger partial charge is 0.222 e. The number of hydrogen-bond acceptors (Lipinski definition) is 2. The van der Waals surface area contributed by atoms with Crippen LogP contribution in [0.1, 0.15) is 45.4 Å². The van der Waals surface area contributed by atoms with E-state index in [9.17, 15) is 4.79 Å². The molecule has 0 aromatic heterocycles. The van der Waals surface area contributed by atoms with Gasteiger partial charge in [0.15, 0.2) is 0 Å². The molecule has 0 radical (unpaired) electrons. The van der Waals surface area contributed by atoms with Crippen molar-refractivity contribution >= 4 is 21.8 Å². The first-order valence-electron chi connectivity index (χ1n) is 6.08. The molecule has 1 saturated carbocycles. The first-order chi connectivity index (χ1) is 7.62. The largest absolute Gasteiger partial charge is 0.378 e. The van der Waals surface area contributed by atoms with Crippen molar-refractivity contribution in [3.05, 3.63) is 0 Å². The van der Waals surface area contributed by atoms with Crippen molar-refractivity contribution in [2.75, 3.05) is 13.7 Å². The van der Waals surface area contributed by atoms with E-state index in [4.69, 9.17) is 4.74 Å². The molecule has 3 nitrogen and oxygen atoms in total. The van der Waals surface area contributed by atoms with Gasteiger partial charge in [-0.25, -0.2) is 0 Å². The molecule has 1 unspecified atom stereocenters. The van der Waals surface area contributed by atoms with Crippen molar-refractivity contribution in [2.24, 2.45) is 0 Å². The molecular weight excluding hydrogens is 270 g/mol. The van der Waals surface area contributed by atoms with E-state index in [2.05, 4.69) is 28.2 Å². The maximum atomic E-state index is 11.7. The molecule has 4 heteroatoms. The molecule has 0 aliphatic heterocycles. The van der Waals surface area contributed by atoms with Crippen LogP contribution in [-0.2, 0) is 9.53 Å². The minimum atomic E-state index is -0.156. The van der Waals surface area contributed by atoms with Gasteiger partial charge in [-0.05, 0) is 25.7 Å². The number of hydrogen-bond donors (Lipinski definition) is 1. The maximum Gasteiger partial charge on any atom is 0.222 e. The van der Waals surface area contributed by atoms with Gasteiger partial charge in [-0.3, -0.25) is 4.79 Å². The van der Waals surface area contributed by atoms with Crippen LogP contribution in [0.4, 0.5) is 0 Å². The summed E-state index contributed by atoms with van der Waals surface area (Å²) in [6.07, 6.45) is 5.95. The zero-order chi connectivity index (χ0) is 12.0. The van der Waals surface area contributed by atoms with Crippen molar-refractivity contribution in [1.29, 1.82) is 0 Å². The minimum Gasteiger partial charge on any atom is -0.378 e. The van der Waals surface area contributed by atoms with E-state index in [1.54, 1.807) is 7.11 Å². The highest BCUT2D eigenvalue weighted by Crippen LogP contribution is 2.37. The van der Waals surface area contributed by atoms with Crippen molar-refractivity contribution in [1.82, 2.24) is 5.32 Å². The summed E-state index contributed by atoms with van der Waals surface area (Å²) in [7, 11) is 1.71. The number of carbonyl (C=O) groups excluding carboxylic acids is 1. The summed E-state index contributed by atoms with van der Waals surface area (Å²) in [4.78, 5) is 12.1. The van der Waals surface area contributed by atoms with E-state index in [-0.39, 0.29) is 11.5 Å². The molecule has 0 bridgehead atoms. The lowest BCUT2D eigenvalue weighted by Gasteiger charge is -2.39. The molecule has 1 fully saturated rings. The summed E-state index contributed by atoms with van der Waals surface area (Å²) >= 11 is 3.55. The third-order valence-corrected chi connectivity index (χ3v) is 4.08. The predicted octanol–water partition coefficient (Wildman–Crippen LogP) is 2.63. The van der Waals surface area contributed by atoms with Crippen LogP contribution in [0.2, 0.25) is 0 Å². The Morgan fingerprint density at radius 2 is 2.25 bits per heavy atom. The van der Waals surface area contributed by atoms with Crippen molar-refractivity contribution in [2.45, 2.75) is 55.9 Å². The fourth-order valence-corrected chi connectivity index (χ4v) is 2.64. The molecule has 1 aliphatic rings. The number of ether oxygens (including phenoxy) is 1. The molecule has 0 saturated heterocycles. The van der Waals surface area contributed by atoms with Gasteiger partial charge in [-0.1, -0.05) is 29.3 Å². The number of carbonyl (C=O) groups is 1. The number of amides is 1. The SMILES string of the molecule is CCCC(Br)CNC(=O)CC1(OC)CCC1. The fourth-order valence-electron chi connectivity index (χ4n) is 2.02. The van der Waals surface area contributed by atoms with Crippen LogP contribution in [0.25, 0.3) is 0 Å². The van der Waals surface area contributed by atoms with E-state index in [1.165, 1.54) is 6.42 Å². The zero-order valence-corrected chi connectivity index (χ0v) is 11.8. The second kappa shape index (κ2) is 6.60. The summed E-state index contributed by atoms with van der Waals surface area (Å²) in [5.74, 6) is 0.113. The average Bonchev–Trinajstić information content (AvgIpc) is 2.21. The first-order valence-corrected chi connectivity index (χ1v) is 6.99. The molecule has 0 heterocycles. The third-order valence-electron chi connectivity index (χ3n) is 3.30. The zero-order valence-electron chi connectivity index (χ0n) is 10.2. The number of halogens is 1. The Balaban J connectivity index is 2.20. The Morgan fingerprint density at radius 3 is 2.69 bits per heavy atom. The van der Waals surface area contributed by atoms with Gasteiger partial charge in [0.25, 0.3) is 0 Å². The van der Waals surface area contributed by atoms with Crippen LogP contribution in [0.15, 0.2) is 0 Å². The van der Waals surface area contributed by atoms with Crippen molar-refractivity contribution in [3.8, 4) is 0 Å². The van der Waals surface area contributed by atoms with Crippen molar-refractivity contribution < 1.29 is 9.53 Å². The fraction of sp³-hybridized carbons (Fsp3) is 0.917. The molecule has 1 aliphatic carbocycles. The lowest BCUT2D eigenvalue weighted by molar-refractivity contribution is -0.134. The van der Waals surface area contributed by atoms with Crippen molar-refractivity contribution in [3.63, 3.8) is 0 Å². The summed E-state index contributed by atoms with van der Waals surface area (Å²) in [5, 5.41) is 2.96. The number of nitrogens with one attached hydrogen (secondary N) is 1. The van der Waals surface area contributed by atoms with Gasteiger partial charge in [-0.15, -0.1) is 0 Å². The average molecular weight is 292 g/mol. The highest BCUT2D eigenvalue weighted by atomic mass is 79.9. The number of rotatable bonds is 7. The van der Waals surface area contributed by atoms with E-state index in [1.807, 2.05) is 0 Å². The lowest BCUT2D eigenvalue weighted by atomic mass is 9.77. The Morgan fingerprint density at radius 1 is 1.56 bits per heavy atom. The lowest BCUT2D eigenvalue weighted by Crippen LogP contribution is -2.44. The van der Waals surface area contributed by atoms with E-state index in [0.29, 0.717) is 17.8 Å². The Bertz CT molecular complexity index is 224. The minimum absolute atomic E-state index is 0.113. The van der Waals surface area contributed by atoms with Crippen LogP contribution in [0, 0.1) is 0 Å². The molecule has 1 atom stereocenters. The van der Waals surface area contributed by atoms with Gasteiger partial charge in [0, 0.05) is 18.5 Å². The number of methoxy groups -OCH3 is 1. The third kappa shape index (κ3) is 4.06. The van der Waals surface area contributed by atoms with Crippen LogP contribution in [0.3, 0.4) is 0 Å². The molecule has 1 rings (SSSR count). The van der Waals surface area contributed by atoms with Gasteiger partial charge in [0.2, 0.25) is 5.91 Å². The predicted molar refractivity (Wildman–Crippen MR) is 68.8 cm³/mol. The molecular formula is C12H22BrNO2. The van der Waals surface area contributed by atoms with Crippen LogP contribution in [-0.4, -0.2) is 30.0 Å². The molecule has 94 valence electrons. The van der Waals surface area contributed by atoms with E-state index < -0.39 is 0 Å². The molecule has 16 heavy (non-hydrogen) atoms. The molecule has 0 aromatic rings. The summed E-state index contributed by atoms with van der Waals surface area (Å²) in [5.41, 5.74) is -0.156. The highest BCUT2D eigenvalue weighted by Gasteiger charge is 2.38. The normalized spacial score (nSPS) is 19.9. The topological polar surface area (TPSA) is 38.3 Å². The monoisotopic (exact) mass is 291 g/mol. The molecule has 1 amide bonds. The molecule has 1 N–H and O–H groups in total. The first kappa shape index (κ1) is 14.0. The van der Waals surface area contributed by atoms with Crippen LogP contribution >= 0.6 is 15.9 Å². The van der Waals surface area contributed by atoms with Gasteiger partial charge < -0.3 is 10.1 Å². The standard InChI is InChI=1S/C12H22BrNO2/c1-3-5-10(13)9-14-11(15)8-12(16-2)6-4-7-12/h10H,3-9H2,1-2H3,(H,14,15). The Kier molecular flexibility index (Phi) is 5.76. The van der Waals surface area contributed by atoms with Crippen LogP contribution < -0.4 is 5.32 Å². The highest BCUT2D eigenvalue weighted by molar-refractivity contribution is 9.09. The Labute approximate surface area is 106 Å². The van der Waals surface area contributed by atoms with E-state index in [0.717, 1.165) is 25.7 Å². The van der Waals surface area contributed by atoms with Gasteiger partial charge in [-0.2, -0.15) is 0 Å². The Hall–Kier alpha value is -0.0900. The quantitative estimate of drug-likeness (QED) is 0.733. The summed E-state index contributed by atoms with van der Waals surface area (Å²) in [6.45, 7) is 2.86. The second-order valence-electron chi connectivity index (χ2n) is 4.61. The summed E-state index contributed by atoms with van der Waals surface area (Å²) < 4.78 is 5.43. The number of alkyl halides is 1. The molecule has 0 spiro atoms. The molecule has 0 aromatic carbocycles.